The average Bonchev–Trinajstić information content (AvgIpc) is 2.85. The van der Waals surface area contributed by atoms with E-state index in [1.807, 2.05) is 30.3 Å². The van der Waals surface area contributed by atoms with Crippen LogP contribution < -0.4 is 5.32 Å². The van der Waals surface area contributed by atoms with Gasteiger partial charge in [-0.15, -0.1) is 0 Å². The highest BCUT2D eigenvalue weighted by atomic mass is 16.2. The molecular weight excluding hydrogens is 314 g/mol. The van der Waals surface area contributed by atoms with Crippen LogP contribution in [0.3, 0.4) is 0 Å². The van der Waals surface area contributed by atoms with Gasteiger partial charge in [0.1, 0.15) is 5.54 Å². The summed E-state index contributed by atoms with van der Waals surface area (Å²) in [6.07, 6.45) is 1.26. The molecule has 0 radical (unpaired) electrons. The predicted octanol–water partition coefficient (Wildman–Crippen LogP) is 3.00. The molecule has 0 spiro atoms. The van der Waals surface area contributed by atoms with Crippen LogP contribution in [0.25, 0.3) is 0 Å². The van der Waals surface area contributed by atoms with Crippen LogP contribution in [0.15, 0.2) is 54.6 Å². The monoisotopic (exact) mass is 333 g/mol. The van der Waals surface area contributed by atoms with Crippen molar-refractivity contribution in [3.05, 3.63) is 71.3 Å². The van der Waals surface area contributed by atoms with Crippen molar-refractivity contribution in [3.8, 4) is 6.07 Å². The molecule has 1 atom stereocenters. The summed E-state index contributed by atoms with van der Waals surface area (Å²) in [5, 5.41) is 11.7. The SMILES string of the molecule is C[C@]1(CCc2ccccc2)NC(=O)N(Cc2ccc(C#N)cc2)C1=O. The van der Waals surface area contributed by atoms with Crippen molar-refractivity contribution in [2.45, 2.75) is 31.8 Å². The Kier molecular flexibility index (Phi) is 4.53. The lowest BCUT2D eigenvalue weighted by Crippen LogP contribution is -2.44. The lowest BCUT2D eigenvalue weighted by Gasteiger charge is -2.21. The normalized spacial score (nSPS) is 19.6. The predicted molar refractivity (Wildman–Crippen MR) is 93.4 cm³/mol. The van der Waals surface area contributed by atoms with Crippen molar-refractivity contribution in [2.24, 2.45) is 0 Å². The smallest absolute Gasteiger partial charge is 0.323 e. The molecule has 1 fully saturated rings. The molecule has 0 bridgehead atoms. The van der Waals surface area contributed by atoms with Gasteiger partial charge >= 0.3 is 6.03 Å². The van der Waals surface area contributed by atoms with Gasteiger partial charge in [0.25, 0.3) is 5.91 Å². The van der Waals surface area contributed by atoms with Gasteiger partial charge in [0.15, 0.2) is 0 Å². The highest BCUT2D eigenvalue weighted by Crippen LogP contribution is 2.24. The van der Waals surface area contributed by atoms with E-state index in [9.17, 15) is 9.59 Å². The van der Waals surface area contributed by atoms with Gasteiger partial charge in [-0.1, -0.05) is 42.5 Å². The minimum Gasteiger partial charge on any atom is -0.323 e. The lowest BCUT2D eigenvalue weighted by atomic mass is 9.93. The number of urea groups is 1. The van der Waals surface area contributed by atoms with E-state index in [4.69, 9.17) is 5.26 Å². The Balaban J connectivity index is 1.69. The van der Waals surface area contributed by atoms with Crippen molar-refractivity contribution >= 4 is 11.9 Å². The first-order chi connectivity index (χ1) is 12.0. The van der Waals surface area contributed by atoms with Crippen molar-refractivity contribution in [2.75, 3.05) is 0 Å². The number of imide groups is 1. The van der Waals surface area contributed by atoms with Gasteiger partial charge in [-0.2, -0.15) is 5.26 Å². The maximum absolute atomic E-state index is 12.8. The molecule has 3 amide bonds. The third-order valence-electron chi connectivity index (χ3n) is 4.53. The molecular formula is C20H19N3O2. The topological polar surface area (TPSA) is 73.2 Å². The van der Waals surface area contributed by atoms with E-state index in [1.54, 1.807) is 31.2 Å². The second kappa shape index (κ2) is 6.78. The molecule has 2 aromatic rings. The molecule has 0 unspecified atom stereocenters. The summed E-state index contributed by atoms with van der Waals surface area (Å²) in [6, 6.07) is 18.5. The molecule has 0 saturated carbocycles. The second-order valence-corrected chi connectivity index (χ2v) is 6.45. The van der Waals surface area contributed by atoms with E-state index in [1.165, 1.54) is 4.90 Å². The number of amides is 3. The Hall–Kier alpha value is -3.13. The summed E-state index contributed by atoms with van der Waals surface area (Å²) in [5.41, 5.74) is 1.61. The van der Waals surface area contributed by atoms with E-state index in [0.717, 1.165) is 11.1 Å². The van der Waals surface area contributed by atoms with Crippen LogP contribution in [0.5, 0.6) is 0 Å². The molecule has 0 aromatic heterocycles. The Morgan fingerprint density at radius 1 is 1.04 bits per heavy atom. The third kappa shape index (κ3) is 3.53. The van der Waals surface area contributed by atoms with Crippen LogP contribution in [0.4, 0.5) is 4.79 Å². The van der Waals surface area contributed by atoms with E-state index >= 15 is 0 Å². The van der Waals surface area contributed by atoms with Crippen molar-refractivity contribution in [1.29, 1.82) is 5.26 Å². The van der Waals surface area contributed by atoms with Crippen molar-refractivity contribution in [1.82, 2.24) is 10.2 Å². The molecule has 1 aliphatic rings. The fourth-order valence-electron chi connectivity index (χ4n) is 2.97. The second-order valence-electron chi connectivity index (χ2n) is 6.45. The first-order valence-electron chi connectivity index (χ1n) is 8.19. The van der Waals surface area contributed by atoms with Crippen LogP contribution in [-0.4, -0.2) is 22.4 Å². The number of nitriles is 1. The third-order valence-corrected chi connectivity index (χ3v) is 4.53. The Bertz CT molecular complexity index is 824. The summed E-state index contributed by atoms with van der Waals surface area (Å²) in [4.78, 5) is 26.3. The number of rotatable bonds is 5. The zero-order valence-corrected chi connectivity index (χ0v) is 14.0. The molecule has 5 nitrogen and oxygen atoms in total. The quantitative estimate of drug-likeness (QED) is 0.855. The fourth-order valence-corrected chi connectivity index (χ4v) is 2.97. The first-order valence-corrected chi connectivity index (χ1v) is 8.19. The Labute approximate surface area is 146 Å². The van der Waals surface area contributed by atoms with E-state index < -0.39 is 5.54 Å². The summed E-state index contributed by atoms with van der Waals surface area (Å²) >= 11 is 0. The van der Waals surface area contributed by atoms with Gasteiger partial charge in [0.2, 0.25) is 0 Å². The number of carbonyl (C=O) groups is 2. The summed E-state index contributed by atoms with van der Waals surface area (Å²) in [7, 11) is 0. The number of hydrogen-bond donors (Lipinski definition) is 1. The van der Waals surface area contributed by atoms with Crippen molar-refractivity contribution < 1.29 is 9.59 Å². The van der Waals surface area contributed by atoms with E-state index in [-0.39, 0.29) is 18.5 Å². The largest absolute Gasteiger partial charge is 0.325 e. The number of carbonyl (C=O) groups excluding carboxylic acids is 2. The molecule has 25 heavy (non-hydrogen) atoms. The molecule has 126 valence electrons. The van der Waals surface area contributed by atoms with E-state index in [0.29, 0.717) is 18.4 Å². The molecule has 1 N–H and O–H groups in total. The number of benzene rings is 2. The van der Waals surface area contributed by atoms with E-state index in [2.05, 4.69) is 11.4 Å². The van der Waals surface area contributed by atoms with Gasteiger partial charge in [0.05, 0.1) is 18.2 Å². The first kappa shape index (κ1) is 16.7. The molecule has 2 aromatic carbocycles. The number of aryl methyl sites for hydroxylation is 1. The average molecular weight is 333 g/mol. The maximum atomic E-state index is 12.8. The van der Waals surface area contributed by atoms with Gasteiger partial charge in [0, 0.05) is 0 Å². The van der Waals surface area contributed by atoms with Crippen LogP contribution in [-0.2, 0) is 17.8 Å². The highest BCUT2D eigenvalue weighted by Gasteiger charge is 2.47. The molecule has 1 aliphatic heterocycles. The number of nitrogens with one attached hydrogen (secondary N) is 1. The maximum Gasteiger partial charge on any atom is 0.325 e. The molecule has 5 heteroatoms. The van der Waals surface area contributed by atoms with Gasteiger partial charge in [-0.25, -0.2) is 4.79 Å². The summed E-state index contributed by atoms with van der Waals surface area (Å²) in [6.45, 7) is 1.98. The molecule has 1 saturated heterocycles. The zero-order chi connectivity index (χ0) is 17.9. The van der Waals surface area contributed by atoms with Gasteiger partial charge in [-0.3, -0.25) is 9.69 Å². The number of nitrogens with zero attached hydrogens (tertiary/aromatic N) is 2. The standard InChI is InChI=1S/C20H19N3O2/c1-20(12-11-15-5-3-2-4-6-15)18(24)23(19(25)22-20)14-17-9-7-16(13-21)8-10-17/h2-10H,11-12,14H2,1H3,(H,22,25)/t20-/m1/s1. The Morgan fingerprint density at radius 3 is 2.36 bits per heavy atom. The van der Waals surface area contributed by atoms with Gasteiger partial charge < -0.3 is 5.32 Å². The fraction of sp³-hybridized carbons (Fsp3) is 0.250. The number of hydrogen-bond acceptors (Lipinski definition) is 3. The van der Waals surface area contributed by atoms with Crippen LogP contribution in [0.2, 0.25) is 0 Å². The van der Waals surface area contributed by atoms with Crippen molar-refractivity contribution in [3.63, 3.8) is 0 Å². The highest BCUT2D eigenvalue weighted by molar-refractivity contribution is 6.06. The minimum absolute atomic E-state index is 0.206. The van der Waals surface area contributed by atoms with Gasteiger partial charge in [-0.05, 0) is 43.0 Å². The summed E-state index contributed by atoms with van der Waals surface area (Å²) < 4.78 is 0. The van der Waals surface area contributed by atoms with Crippen LogP contribution in [0.1, 0.15) is 30.0 Å². The Morgan fingerprint density at radius 2 is 1.72 bits per heavy atom. The van der Waals surface area contributed by atoms with Crippen LogP contribution in [0, 0.1) is 11.3 Å². The minimum atomic E-state index is -0.889. The molecule has 0 aliphatic carbocycles. The lowest BCUT2D eigenvalue weighted by molar-refractivity contribution is -0.131. The molecule has 3 rings (SSSR count). The van der Waals surface area contributed by atoms with Crippen LogP contribution >= 0.6 is 0 Å². The molecule has 1 heterocycles. The summed E-state index contributed by atoms with van der Waals surface area (Å²) in [5.74, 6) is -0.210. The zero-order valence-electron chi connectivity index (χ0n) is 14.0.